The lowest BCUT2D eigenvalue weighted by Crippen LogP contribution is -2.19. The van der Waals surface area contributed by atoms with Gasteiger partial charge in [0, 0.05) is 18.7 Å². The first kappa shape index (κ1) is 18.4. The number of hydrogen-bond donors (Lipinski definition) is 4. The van der Waals surface area contributed by atoms with Gasteiger partial charge in [-0.1, -0.05) is 11.3 Å². The lowest BCUT2D eigenvalue weighted by atomic mass is 10.3. The van der Waals surface area contributed by atoms with E-state index in [9.17, 15) is 9.59 Å². The Hall–Kier alpha value is -3.99. The van der Waals surface area contributed by atoms with Gasteiger partial charge >= 0.3 is 6.03 Å². The zero-order valence-corrected chi connectivity index (χ0v) is 15.9. The molecule has 0 saturated heterocycles. The fraction of sp³-hybridized carbons (Fsp3) is 0.0556. The van der Waals surface area contributed by atoms with Crippen molar-refractivity contribution in [3.63, 3.8) is 0 Å². The van der Waals surface area contributed by atoms with Crippen molar-refractivity contribution < 1.29 is 14.3 Å². The molecule has 3 amide bonds. The highest BCUT2D eigenvalue weighted by Crippen LogP contribution is 2.26. The Kier molecular flexibility index (Phi) is 5.03. The van der Waals surface area contributed by atoms with Gasteiger partial charge in [0.25, 0.3) is 0 Å². The summed E-state index contributed by atoms with van der Waals surface area (Å²) < 4.78 is 5.84. The molecule has 0 radical (unpaired) electrons. The van der Waals surface area contributed by atoms with E-state index in [0.717, 1.165) is 5.52 Å². The number of hydrogen-bond acceptors (Lipinski definition) is 7. The zero-order valence-electron chi connectivity index (χ0n) is 15.1. The molecule has 4 rings (SSSR count). The van der Waals surface area contributed by atoms with E-state index in [0.29, 0.717) is 33.8 Å². The van der Waals surface area contributed by atoms with Crippen molar-refractivity contribution in [1.82, 2.24) is 20.2 Å². The van der Waals surface area contributed by atoms with Gasteiger partial charge in [0.05, 0.1) is 11.0 Å². The molecule has 0 spiro atoms. The van der Waals surface area contributed by atoms with Crippen molar-refractivity contribution in [2.75, 3.05) is 16.0 Å². The fourth-order valence-electron chi connectivity index (χ4n) is 2.50. The second kappa shape index (κ2) is 7.94. The molecular formula is C18H15N7O3S. The number of anilines is 3. The summed E-state index contributed by atoms with van der Waals surface area (Å²) in [6.07, 6.45) is 0. The van der Waals surface area contributed by atoms with Crippen LogP contribution in [0.15, 0.2) is 48.0 Å². The molecule has 2 aromatic heterocycles. The standard InChI is InChI=1S/C18H15N7O3S/c1-10(26)20-16-22-14-7-6-13(8-15(14)23-16)28-12-4-2-11(3-5-12)21-17(27)24-18-25-19-9-29-18/h2-9H,1H3,(H2,20,22,23,26)(H2,21,24,25,27). The number of aromatic amines is 1. The van der Waals surface area contributed by atoms with E-state index in [4.69, 9.17) is 4.74 Å². The molecular weight excluding hydrogens is 394 g/mol. The average Bonchev–Trinajstić information content (AvgIpc) is 3.31. The van der Waals surface area contributed by atoms with Gasteiger partial charge in [0.15, 0.2) is 0 Å². The van der Waals surface area contributed by atoms with Crippen molar-refractivity contribution in [3.8, 4) is 11.5 Å². The third-order valence-electron chi connectivity index (χ3n) is 3.68. The van der Waals surface area contributed by atoms with Crippen molar-refractivity contribution >= 4 is 51.1 Å². The number of carbonyl (C=O) groups is 2. The molecule has 146 valence electrons. The zero-order chi connectivity index (χ0) is 20.2. The highest BCUT2D eigenvalue weighted by molar-refractivity contribution is 7.13. The van der Waals surface area contributed by atoms with Crippen LogP contribution in [0.25, 0.3) is 11.0 Å². The number of carbonyl (C=O) groups excluding carboxylic acids is 2. The Morgan fingerprint density at radius 3 is 2.55 bits per heavy atom. The first-order valence-corrected chi connectivity index (χ1v) is 9.32. The molecule has 0 aliphatic carbocycles. The van der Waals surface area contributed by atoms with Crippen LogP contribution in [0.2, 0.25) is 0 Å². The number of fused-ring (bicyclic) bond motifs is 1. The number of amides is 3. The largest absolute Gasteiger partial charge is 0.457 e. The molecule has 2 heterocycles. The Bertz CT molecular complexity index is 1160. The molecule has 0 aliphatic heterocycles. The number of ether oxygens (including phenoxy) is 1. The van der Waals surface area contributed by atoms with E-state index in [-0.39, 0.29) is 5.91 Å². The van der Waals surface area contributed by atoms with E-state index in [1.165, 1.54) is 23.8 Å². The Labute approximate surface area is 168 Å². The summed E-state index contributed by atoms with van der Waals surface area (Å²) in [6, 6.07) is 11.9. The predicted molar refractivity (Wildman–Crippen MR) is 109 cm³/mol. The summed E-state index contributed by atoms with van der Waals surface area (Å²) in [5.41, 5.74) is 3.57. The highest BCUT2D eigenvalue weighted by atomic mass is 32.1. The van der Waals surface area contributed by atoms with Crippen LogP contribution in [0, 0.1) is 0 Å². The summed E-state index contributed by atoms with van der Waals surface area (Å²) in [4.78, 5) is 30.3. The van der Waals surface area contributed by atoms with Crippen molar-refractivity contribution in [1.29, 1.82) is 0 Å². The van der Waals surface area contributed by atoms with Gasteiger partial charge in [-0.05, 0) is 36.4 Å². The van der Waals surface area contributed by atoms with Gasteiger partial charge in [0.2, 0.25) is 17.0 Å². The minimum atomic E-state index is -0.408. The van der Waals surface area contributed by atoms with Gasteiger partial charge in [-0.25, -0.2) is 9.78 Å². The molecule has 0 fully saturated rings. The van der Waals surface area contributed by atoms with Crippen LogP contribution < -0.4 is 20.7 Å². The molecule has 0 bridgehead atoms. The topological polar surface area (TPSA) is 134 Å². The summed E-state index contributed by atoms with van der Waals surface area (Å²) >= 11 is 1.23. The van der Waals surface area contributed by atoms with Gasteiger partial charge in [-0.15, -0.1) is 10.2 Å². The Morgan fingerprint density at radius 1 is 1.03 bits per heavy atom. The van der Waals surface area contributed by atoms with Crippen molar-refractivity contribution in [2.24, 2.45) is 0 Å². The Balaban J connectivity index is 1.40. The SMILES string of the molecule is CC(=O)Nc1nc2cc(Oc3ccc(NC(=O)Nc4nncs4)cc3)ccc2[nH]1. The van der Waals surface area contributed by atoms with Crippen LogP contribution in [0.3, 0.4) is 0 Å². The number of nitrogens with zero attached hydrogens (tertiary/aromatic N) is 3. The van der Waals surface area contributed by atoms with E-state index in [1.54, 1.807) is 36.4 Å². The van der Waals surface area contributed by atoms with Crippen LogP contribution >= 0.6 is 11.3 Å². The maximum Gasteiger partial charge on any atom is 0.325 e. The van der Waals surface area contributed by atoms with Gasteiger partial charge in [0.1, 0.15) is 17.0 Å². The van der Waals surface area contributed by atoms with Crippen LogP contribution in [-0.2, 0) is 4.79 Å². The molecule has 4 N–H and O–H groups in total. The number of nitrogens with one attached hydrogen (secondary N) is 4. The van der Waals surface area contributed by atoms with E-state index < -0.39 is 6.03 Å². The number of benzene rings is 2. The summed E-state index contributed by atoms with van der Waals surface area (Å²) in [5.74, 6) is 1.36. The number of aromatic nitrogens is 4. The van der Waals surface area contributed by atoms with Crippen LogP contribution in [0.1, 0.15) is 6.92 Å². The van der Waals surface area contributed by atoms with Crippen LogP contribution in [-0.4, -0.2) is 32.1 Å². The maximum atomic E-state index is 11.9. The number of imidazole rings is 1. The summed E-state index contributed by atoms with van der Waals surface area (Å²) in [5, 5.41) is 15.7. The second-order valence-electron chi connectivity index (χ2n) is 5.89. The molecule has 0 unspecified atom stereocenters. The first-order valence-electron chi connectivity index (χ1n) is 8.44. The molecule has 29 heavy (non-hydrogen) atoms. The van der Waals surface area contributed by atoms with E-state index in [2.05, 4.69) is 36.1 Å². The third kappa shape index (κ3) is 4.65. The Morgan fingerprint density at radius 2 is 1.83 bits per heavy atom. The minimum absolute atomic E-state index is 0.203. The van der Waals surface area contributed by atoms with Gasteiger partial charge in [-0.2, -0.15) is 0 Å². The second-order valence-corrected chi connectivity index (χ2v) is 6.73. The quantitative estimate of drug-likeness (QED) is 0.396. The van der Waals surface area contributed by atoms with Crippen molar-refractivity contribution in [3.05, 3.63) is 48.0 Å². The molecule has 0 saturated carbocycles. The van der Waals surface area contributed by atoms with Crippen molar-refractivity contribution in [2.45, 2.75) is 6.92 Å². The number of H-pyrrole nitrogens is 1. The number of rotatable bonds is 5. The summed E-state index contributed by atoms with van der Waals surface area (Å²) in [7, 11) is 0. The molecule has 11 heteroatoms. The summed E-state index contributed by atoms with van der Waals surface area (Å²) in [6.45, 7) is 1.42. The molecule has 0 atom stereocenters. The van der Waals surface area contributed by atoms with Gasteiger partial charge < -0.3 is 15.0 Å². The molecule has 2 aromatic carbocycles. The highest BCUT2D eigenvalue weighted by Gasteiger charge is 2.07. The van der Waals surface area contributed by atoms with Gasteiger partial charge in [-0.3, -0.25) is 15.4 Å². The maximum absolute atomic E-state index is 11.9. The first-order chi connectivity index (χ1) is 14.0. The van der Waals surface area contributed by atoms with E-state index >= 15 is 0 Å². The smallest absolute Gasteiger partial charge is 0.325 e. The fourth-order valence-corrected chi connectivity index (χ4v) is 2.94. The monoisotopic (exact) mass is 409 g/mol. The minimum Gasteiger partial charge on any atom is -0.457 e. The van der Waals surface area contributed by atoms with Crippen LogP contribution in [0.4, 0.5) is 21.6 Å². The number of urea groups is 1. The third-order valence-corrected chi connectivity index (χ3v) is 4.28. The lowest BCUT2D eigenvalue weighted by molar-refractivity contribution is -0.114. The predicted octanol–water partition coefficient (Wildman–Crippen LogP) is 3.81. The normalized spacial score (nSPS) is 10.5. The molecule has 4 aromatic rings. The lowest BCUT2D eigenvalue weighted by Gasteiger charge is -2.08. The average molecular weight is 409 g/mol. The molecule has 0 aliphatic rings. The molecule has 10 nitrogen and oxygen atoms in total. The van der Waals surface area contributed by atoms with Crippen LogP contribution in [0.5, 0.6) is 11.5 Å². The van der Waals surface area contributed by atoms with E-state index in [1.807, 2.05) is 6.07 Å².